The molecule has 0 aromatic heterocycles. The van der Waals surface area contributed by atoms with Crippen molar-refractivity contribution in [2.24, 2.45) is 21.5 Å². The Morgan fingerprint density at radius 3 is 2.53 bits per heavy atom. The number of hydrogen-bond donors (Lipinski definition) is 6. The van der Waals surface area contributed by atoms with Gasteiger partial charge in [-0.3, -0.25) is 0 Å². The average Bonchev–Trinajstić information content (AvgIpc) is 3.16. The molecule has 15 heteroatoms. The Hall–Kier alpha value is -2.75. The monoisotopic (exact) mass is 476 g/mol. The standard InChI is InChI=1S/C17H19F3N6O5S/c18-17(19,20)32-8-3-1-7(2-4-8)12(28)31-10-5-26-14(22)23-9(6-27)11-15(26,16(10,29)30)25-13(21)24-11/h1-4,9-11,27,29-30H,5-6H2,(H2,22,23)(H3,21,24,25)/t9-,10-,11?,15-/m0/s1. The summed E-state index contributed by atoms with van der Waals surface area (Å²) in [5.74, 6) is -4.09. The molecule has 1 spiro atoms. The van der Waals surface area contributed by atoms with E-state index >= 15 is 0 Å². The zero-order valence-corrected chi connectivity index (χ0v) is 17.0. The molecule has 1 unspecified atom stereocenters. The van der Waals surface area contributed by atoms with Gasteiger partial charge in [0.15, 0.2) is 23.7 Å². The lowest BCUT2D eigenvalue weighted by molar-refractivity contribution is -0.257. The number of esters is 1. The molecule has 8 N–H and O–H groups in total. The molecule has 1 fully saturated rings. The molecule has 3 heterocycles. The van der Waals surface area contributed by atoms with Gasteiger partial charge in [-0.25, -0.2) is 14.8 Å². The molecule has 4 atom stereocenters. The smallest absolute Gasteiger partial charge is 0.446 e. The number of guanidine groups is 2. The maximum Gasteiger partial charge on any atom is 0.446 e. The third kappa shape index (κ3) is 3.41. The molecule has 0 bridgehead atoms. The number of rotatable bonds is 4. The third-order valence-electron chi connectivity index (χ3n) is 5.51. The fourth-order valence-corrected chi connectivity index (χ4v) is 4.70. The van der Waals surface area contributed by atoms with Gasteiger partial charge in [-0.05, 0) is 36.0 Å². The van der Waals surface area contributed by atoms with E-state index in [1.807, 2.05) is 0 Å². The van der Waals surface area contributed by atoms with E-state index in [1.165, 1.54) is 4.90 Å². The van der Waals surface area contributed by atoms with Gasteiger partial charge in [-0.2, -0.15) is 13.2 Å². The number of alkyl halides is 3. The molecule has 32 heavy (non-hydrogen) atoms. The molecule has 1 aromatic carbocycles. The molecule has 0 aliphatic carbocycles. The molecular weight excluding hydrogens is 457 g/mol. The topological polar surface area (TPSA) is 179 Å². The Kier molecular flexibility index (Phi) is 5.19. The second-order valence-electron chi connectivity index (χ2n) is 7.39. The van der Waals surface area contributed by atoms with Crippen molar-refractivity contribution >= 4 is 29.7 Å². The fraction of sp³-hybridized carbons (Fsp3) is 0.471. The van der Waals surface area contributed by atoms with Crippen LogP contribution in [0.4, 0.5) is 13.2 Å². The number of nitrogens with one attached hydrogen (secondary N) is 1. The first-order chi connectivity index (χ1) is 14.9. The highest BCUT2D eigenvalue weighted by molar-refractivity contribution is 8.00. The van der Waals surface area contributed by atoms with Crippen molar-refractivity contribution in [1.29, 1.82) is 0 Å². The summed E-state index contributed by atoms with van der Waals surface area (Å²) in [6.07, 6.45) is -1.57. The minimum atomic E-state index is -4.48. The molecule has 0 radical (unpaired) electrons. The number of benzene rings is 1. The van der Waals surface area contributed by atoms with E-state index in [0.717, 1.165) is 24.3 Å². The molecule has 3 aliphatic rings. The molecule has 3 aliphatic heterocycles. The third-order valence-corrected chi connectivity index (χ3v) is 6.25. The van der Waals surface area contributed by atoms with Crippen LogP contribution in [0, 0.1) is 0 Å². The minimum absolute atomic E-state index is 0.101. The highest BCUT2D eigenvalue weighted by Gasteiger charge is 2.74. The van der Waals surface area contributed by atoms with Crippen LogP contribution in [0.2, 0.25) is 0 Å². The number of thioether (sulfide) groups is 1. The van der Waals surface area contributed by atoms with Gasteiger partial charge in [0.1, 0.15) is 12.1 Å². The van der Waals surface area contributed by atoms with Gasteiger partial charge >= 0.3 is 11.5 Å². The number of aliphatic imine (C=N–C) groups is 2. The number of carbonyl (C=O) groups is 1. The Bertz CT molecular complexity index is 988. The SMILES string of the molecule is NC1=NC2[C@H](CO)N=C(N)N3C[C@H](OC(=O)c4ccc(SC(F)(F)F)cc4)C(O)(O)[C@]23N1. The van der Waals surface area contributed by atoms with Gasteiger partial charge in [-0.15, -0.1) is 0 Å². The van der Waals surface area contributed by atoms with Crippen LogP contribution in [0.3, 0.4) is 0 Å². The van der Waals surface area contributed by atoms with E-state index in [4.69, 9.17) is 16.2 Å². The maximum absolute atomic E-state index is 12.6. The number of ether oxygens (including phenoxy) is 1. The van der Waals surface area contributed by atoms with Crippen molar-refractivity contribution in [2.75, 3.05) is 13.2 Å². The largest absolute Gasteiger partial charge is 0.451 e. The van der Waals surface area contributed by atoms with Crippen molar-refractivity contribution in [3.63, 3.8) is 0 Å². The summed E-state index contributed by atoms with van der Waals surface area (Å²) in [5.41, 5.74) is 5.27. The first-order valence-electron chi connectivity index (χ1n) is 9.24. The number of carbonyl (C=O) groups excluding carboxylic acids is 1. The minimum Gasteiger partial charge on any atom is -0.451 e. The molecule has 174 valence electrons. The molecule has 1 saturated heterocycles. The van der Waals surface area contributed by atoms with Crippen LogP contribution < -0.4 is 16.8 Å². The number of halogens is 3. The van der Waals surface area contributed by atoms with Gasteiger partial charge in [0.2, 0.25) is 5.79 Å². The van der Waals surface area contributed by atoms with Crippen molar-refractivity contribution in [2.45, 2.75) is 40.0 Å². The quantitative estimate of drug-likeness (QED) is 0.170. The molecule has 1 aromatic rings. The van der Waals surface area contributed by atoms with Crippen LogP contribution in [-0.2, 0) is 4.74 Å². The highest BCUT2D eigenvalue weighted by Crippen LogP contribution is 2.45. The molecular formula is C17H19F3N6O5S. The Balaban J connectivity index is 1.58. The van der Waals surface area contributed by atoms with Gasteiger partial charge in [0.25, 0.3) is 0 Å². The number of aliphatic hydroxyl groups excluding tert-OH is 1. The number of hydrogen-bond acceptors (Lipinski definition) is 12. The normalized spacial score (nSPS) is 30.7. The summed E-state index contributed by atoms with van der Waals surface area (Å²) in [7, 11) is 0. The van der Waals surface area contributed by atoms with Crippen LogP contribution in [-0.4, -0.2) is 86.4 Å². The summed E-state index contributed by atoms with van der Waals surface area (Å²) in [4.78, 5) is 21.9. The molecule has 0 amide bonds. The van der Waals surface area contributed by atoms with Crippen molar-refractivity contribution < 1.29 is 38.0 Å². The van der Waals surface area contributed by atoms with Crippen molar-refractivity contribution in [1.82, 2.24) is 10.2 Å². The van der Waals surface area contributed by atoms with Crippen LogP contribution in [0.1, 0.15) is 10.4 Å². The summed E-state index contributed by atoms with van der Waals surface area (Å²) < 4.78 is 42.7. The predicted octanol–water partition coefficient (Wildman–Crippen LogP) is -1.51. The lowest BCUT2D eigenvalue weighted by atomic mass is 9.86. The average molecular weight is 476 g/mol. The van der Waals surface area contributed by atoms with Crippen molar-refractivity contribution in [3.8, 4) is 0 Å². The predicted molar refractivity (Wildman–Crippen MR) is 105 cm³/mol. The lowest BCUT2D eigenvalue weighted by Gasteiger charge is -2.48. The van der Waals surface area contributed by atoms with E-state index in [9.17, 15) is 33.3 Å². The van der Waals surface area contributed by atoms with Crippen LogP contribution >= 0.6 is 11.8 Å². The van der Waals surface area contributed by atoms with Crippen molar-refractivity contribution in [3.05, 3.63) is 29.8 Å². The fourth-order valence-electron chi connectivity index (χ4n) is 4.16. The zero-order chi connectivity index (χ0) is 23.5. The van der Waals surface area contributed by atoms with Gasteiger partial charge in [0, 0.05) is 4.90 Å². The number of nitrogens with two attached hydrogens (primary N) is 2. The van der Waals surface area contributed by atoms with Crippen LogP contribution in [0.25, 0.3) is 0 Å². The number of aliphatic hydroxyl groups is 3. The van der Waals surface area contributed by atoms with E-state index in [0.29, 0.717) is 0 Å². The summed E-state index contributed by atoms with van der Waals surface area (Å²) in [5, 5.41) is 34.4. The van der Waals surface area contributed by atoms with E-state index in [2.05, 4.69) is 15.3 Å². The van der Waals surface area contributed by atoms with Crippen LogP contribution in [0.5, 0.6) is 0 Å². The van der Waals surface area contributed by atoms with E-state index in [1.54, 1.807) is 0 Å². The summed E-state index contributed by atoms with van der Waals surface area (Å²) in [6, 6.07) is 2.45. The summed E-state index contributed by atoms with van der Waals surface area (Å²) >= 11 is -0.340. The van der Waals surface area contributed by atoms with Gasteiger partial charge in [-0.1, -0.05) is 0 Å². The molecule has 11 nitrogen and oxygen atoms in total. The van der Waals surface area contributed by atoms with E-state index in [-0.39, 0.29) is 40.7 Å². The first-order valence-corrected chi connectivity index (χ1v) is 10.1. The van der Waals surface area contributed by atoms with Gasteiger partial charge in [0.05, 0.1) is 18.7 Å². The zero-order valence-electron chi connectivity index (χ0n) is 16.2. The highest BCUT2D eigenvalue weighted by atomic mass is 32.2. The summed E-state index contributed by atoms with van der Waals surface area (Å²) in [6.45, 7) is -0.817. The lowest BCUT2D eigenvalue weighted by Crippen LogP contribution is -2.77. The molecule has 0 saturated carbocycles. The Labute approximate surface area is 182 Å². The maximum atomic E-state index is 12.6. The first kappa shape index (κ1) is 22.4. The van der Waals surface area contributed by atoms with Gasteiger partial charge < -0.3 is 41.7 Å². The molecule has 4 rings (SSSR count). The second kappa shape index (κ2) is 7.40. The second-order valence-corrected chi connectivity index (χ2v) is 8.53. The van der Waals surface area contributed by atoms with Crippen LogP contribution in [0.15, 0.2) is 39.1 Å². The number of nitrogens with zero attached hydrogens (tertiary/aromatic N) is 3. The Morgan fingerprint density at radius 2 is 1.94 bits per heavy atom. The Morgan fingerprint density at radius 1 is 1.28 bits per heavy atom. The van der Waals surface area contributed by atoms with E-state index < -0.39 is 47.7 Å².